The fraction of sp³-hybridized carbons (Fsp3) is 1.00. The summed E-state index contributed by atoms with van der Waals surface area (Å²) in [5, 5.41) is 13.8. The molecule has 0 aromatic rings. The molecule has 0 aromatic heterocycles. The van der Waals surface area contributed by atoms with E-state index in [4.69, 9.17) is 5.73 Å². The predicted molar refractivity (Wildman–Crippen MR) is 61.6 cm³/mol. The number of piperidine rings is 1. The molecule has 1 aliphatic heterocycles. The predicted octanol–water partition coefficient (Wildman–Crippen LogP) is 1.01. The normalized spacial score (nSPS) is 30.0. The third-order valence-electron chi connectivity index (χ3n) is 4.25. The van der Waals surface area contributed by atoms with E-state index in [1.807, 2.05) is 0 Å². The van der Waals surface area contributed by atoms with E-state index in [1.165, 1.54) is 32.1 Å². The van der Waals surface area contributed by atoms with Gasteiger partial charge in [-0.3, -0.25) is 0 Å². The van der Waals surface area contributed by atoms with Gasteiger partial charge in [0.15, 0.2) is 0 Å². The van der Waals surface area contributed by atoms with Gasteiger partial charge in [0, 0.05) is 6.04 Å². The average molecular weight is 212 g/mol. The first-order valence-corrected chi connectivity index (χ1v) is 6.41. The first kappa shape index (κ1) is 11.4. The van der Waals surface area contributed by atoms with Crippen LogP contribution in [0.3, 0.4) is 0 Å². The molecule has 0 spiro atoms. The molecule has 3 heteroatoms. The number of nitrogens with one attached hydrogen (secondary N) is 1. The Morgan fingerprint density at radius 2 is 1.73 bits per heavy atom. The quantitative estimate of drug-likeness (QED) is 0.640. The van der Waals surface area contributed by atoms with Crippen molar-refractivity contribution in [3.05, 3.63) is 0 Å². The van der Waals surface area contributed by atoms with Gasteiger partial charge in [-0.05, 0) is 44.7 Å². The number of aliphatic hydroxyl groups is 1. The molecular weight excluding hydrogens is 188 g/mol. The lowest BCUT2D eigenvalue weighted by Crippen LogP contribution is -2.57. The van der Waals surface area contributed by atoms with Crippen LogP contribution in [0.5, 0.6) is 0 Å². The van der Waals surface area contributed by atoms with Crippen molar-refractivity contribution >= 4 is 0 Å². The van der Waals surface area contributed by atoms with Crippen molar-refractivity contribution in [2.45, 2.75) is 56.6 Å². The van der Waals surface area contributed by atoms with Crippen molar-refractivity contribution in [2.24, 2.45) is 11.7 Å². The Morgan fingerprint density at radius 3 is 2.33 bits per heavy atom. The van der Waals surface area contributed by atoms with E-state index in [9.17, 15) is 5.11 Å². The molecule has 4 N–H and O–H groups in total. The van der Waals surface area contributed by atoms with Crippen LogP contribution in [0.25, 0.3) is 0 Å². The van der Waals surface area contributed by atoms with Crippen LogP contribution in [0.2, 0.25) is 0 Å². The second-order valence-corrected chi connectivity index (χ2v) is 5.28. The zero-order valence-electron chi connectivity index (χ0n) is 9.54. The highest BCUT2D eigenvalue weighted by Gasteiger charge is 2.39. The first-order chi connectivity index (χ1) is 7.22. The molecular formula is C12H24N2O. The Hall–Kier alpha value is -0.120. The smallest absolute Gasteiger partial charge is 0.0824 e. The summed E-state index contributed by atoms with van der Waals surface area (Å²) in [4.78, 5) is 0. The maximum atomic E-state index is 10.5. The van der Waals surface area contributed by atoms with E-state index in [-0.39, 0.29) is 6.04 Å². The van der Waals surface area contributed by atoms with Gasteiger partial charge in [-0.1, -0.05) is 19.3 Å². The zero-order chi connectivity index (χ0) is 10.7. The maximum Gasteiger partial charge on any atom is 0.0824 e. The van der Waals surface area contributed by atoms with Gasteiger partial charge < -0.3 is 16.2 Å². The van der Waals surface area contributed by atoms with Crippen molar-refractivity contribution in [3.63, 3.8) is 0 Å². The zero-order valence-corrected chi connectivity index (χ0v) is 9.54. The van der Waals surface area contributed by atoms with Crippen LogP contribution in [0, 0.1) is 5.92 Å². The van der Waals surface area contributed by atoms with E-state index in [2.05, 4.69) is 5.32 Å². The van der Waals surface area contributed by atoms with Crippen LogP contribution in [0.15, 0.2) is 0 Å². The molecule has 2 rings (SSSR count). The average Bonchev–Trinajstić information content (AvgIpc) is 2.30. The van der Waals surface area contributed by atoms with Crippen molar-refractivity contribution in [2.75, 3.05) is 13.1 Å². The van der Waals surface area contributed by atoms with Gasteiger partial charge in [-0.25, -0.2) is 0 Å². The molecule has 1 saturated carbocycles. The maximum absolute atomic E-state index is 10.5. The molecule has 2 aliphatic rings. The van der Waals surface area contributed by atoms with Gasteiger partial charge in [0.1, 0.15) is 0 Å². The molecule has 1 heterocycles. The fourth-order valence-corrected chi connectivity index (χ4v) is 3.13. The van der Waals surface area contributed by atoms with E-state index in [1.54, 1.807) is 0 Å². The van der Waals surface area contributed by atoms with Crippen LogP contribution < -0.4 is 11.1 Å². The summed E-state index contributed by atoms with van der Waals surface area (Å²) in [5.41, 5.74) is 5.69. The summed E-state index contributed by atoms with van der Waals surface area (Å²) in [6.45, 7) is 1.83. The number of rotatable bonds is 2. The minimum atomic E-state index is -0.590. The van der Waals surface area contributed by atoms with Crippen molar-refractivity contribution in [1.29, 1.82) is 0 Å². The Balaban J connectivity index is 1.94. The second-order valence-electron chi connectivity index (χ2n) is 5.28. The Labute approximate surface area is 92.4 Å². The van der Waals surface area contributed by atoms with Gasteiger partial charge in [-0.2, -0.15) is 0 Å². The molecule has 1 unspecified atom stereocenters. The van der Waals surface area contributed by atoms with Gasteiger partial charge in [0.25, 0.3) is 0 Å². The number of nitrogens with two attached hydrogens (primary N) is 1. The molecule has 0 bridgehead atoms. The minimum absolute atomic E-state index is 0.0000926. The topological polar surface area (TPSA) is 58.3 Å². The lowest BCUT2D eigenvalue weighted by molar-refractivity contribution is -0.0348. The van der Waals surface area contributed by atoms with E-state index < -0.39 is 5.60 Å². The Bertz CT molecular complexity index is 196. The van der Waals surface area contributed by atoms with Gasteiger partial charge in [0.05, 0.1) is 5.60 Å². The molecule has 0 radical (unpaired) electrons. The summed E-state index contributed by atoms with van der Waals surface area (Å²) in [6, 6.07) is -0.0000926. The molecule has 1 saturated heterocycles. The lowest BCUT2D eigenvalue weighted by atomic mass is 9.73. The van der Waals surface area contributed by atoms with Crippen LogP contribution >= 0.6 is 0 Å². The second kappa shape index (κ2) is 4.81. The van der Waals surface area contributed by atoms with Gasteiger partial charge >= 0.3 is 0 Å². The van der Waals surface area contributed by atoms with E-state index in [0.29, 0.717) is 5.92 Å². The summed E-state index contributed by atoms with van der Waals surface area (Å²) >= 11 is 0. The summed E-state index contributed by atoms with van der Waals surface area (Å²) in [7, 11) is 0. The minimum Gasteiger partial charge on any atom is -0.388 e. The summed E-state index contributed by atoms with van der Waals surface area (Å²) in [5.74, 6) is 0.557. The number of hydrogen-bond donors (Lipinski definition) is 3. The van der Waals surface area contributed by atoms with Crippen LogP contribution in [0.4, 0.5) is 0 Å². The Morgan fingerprint density at radius 1 is 1.13 bits per heavy atom. The van der Waals surface area contributed by atoms with Crippen molar-refractivity contribution < 1.29 is 5.11 Å². The molecule has 3 nitrogen and oxygen atoms in total. The molecule has 0 aromatic carbocycles. The molecule has 0 amide bonds. The number of hydrogen-bond acceptors (Lipinski definition) is 3. The third kappa shape index (κ3) is 2.52. The first-order valence-electron chi connectivity index (χ1n) is 6.41. The highest BCUT2D eigenvalue weighted by Crippen LogP contribution is 2.33. The Kier molecular flexibility index (Phi) is 3.65. The van der Waals surface area contributed by atoms with E-state index >= 15 is 0 Å². The standard InChI is InChI=1S/C12H24N2O/c13-11(10-4-2-1-3-5-10)12(15)6-8-14-9-7-12/h10-11,14-15H,1-9,13H2. The van der Waals surface area contributed by atoms with Crippen LogP contribution in [-0.4, -0.2) is 29.8 Å². The largest absolute Gasteiger partial charge is 0.388 e. The highest BCUT2D eigenvalue weighted by molar-refractivity contribution is 4.97. The van der Waals surface area contributed by atoms with Gasteiger partial charge in [-0.15, -0.1) is 0 Å². The fourth-order valence-electron chi connectivity index (χ4n) is 3.13. The molecule has 1 aliphatic carbocycles. The summed E-state index contributed by atoms with van der Waals surface area (Å²) in [6.07, 6.45) is 8.03. The van der Waals surface area contributed by atoms with Crippen LogP contribution in [0.1, 0.15) is 44.9 Å². The molecule has 15 heavy (non-hydrogen) atoms. The monoisotopic (exact) mass is 212 g/mol. The van der Waals surface area contributed by atoms with Gasteiger partial charge in [0.2, 0.25) is 0 Å². The summed E-state index contributed by atoms with van der Waals surface area (Å²) < 4.78 is 0. The lowest BCUT2D eigenvalue weighted by Gasteiger charge is -2.42. The molecule has 88 valence electrons. The molecule has 2 fully saturated rings. The van der Waals surface area contributed by atoms with Crippen molar-refractivity contribution in [1.82, 2.24) is 5.32 Å². The molecule has 1 atom stereocenters. The van der Waals surface area contributed by atoms with E-state index in [0.717, 1.165) is 25.9 Å². The van der Waals surface area contributed by atoms with Crippen LogP contribution in [-0.2, 0) is 0 Å². The van der Waals surface area contributed by atoms with Crippen molar-refractivity contribution in [3.8, 4) is 0 Å². The third-order valence-corrected chi connectivity index (χ3v) is 4.25. The highest BCUT2D eigenvalue weighted by atomic mass is 16.3. The SMILES string of the molecule is NC(C1CCCCC1)C1(O)CCNCC1.